The van der Waals surface area contributed by atoms with Gasteiger partial charge in [-0.25, -0.2) is 13.1 Å². The van der Waals surface area contributed by atoms with Crippen LogP contribution in [0.2, 0.25) is 0 Å². The van der Waals surface area contributed by atoms with Gasteiger partial charge in [-0.15, -0.1) is 0 Å². The van der Waals surface area contributed by atoms with Crippen LogP contribution in [0.1, 0.15) is 18.9 Å². The van der Waals surface area contributed by atoms with E-state index in [9.17, 15) is 8.42 Å². The molecule has 0 saturated carbocycles. The molecule has 1 heterocycles. The van der Waals surface area contributed by atoms with Crippen LogP contribution < -0.4 is 15.2 Å². The fourth-order valence-electron chi connectivity index (χ4n) is 2.43. The van der Waals surface area contributed by atoms with E-state index >= 15 is 0 Å². The minimum absolute atomic E-state index is 0.0863. The van der Waals surface area contributed by atoms with Crippen LogP contribution in [0.4, 0.5) is 0 Å². The van der Waals surface area contributed by atoms with Crippen LogP contribution in [0.3, 0.4) is 0 Å². The van der Waals surface area contributed by atoms with Gasteiger partial charge in [0.25, 0.3) is 0 Å². The van der Waals surface area contributed by atoms with E-state index in [1.807, 2.05) is 6.92 Å². The lowest BCUT2D eigenvalue weighted by molar-refractivity contribution is 0.107. The van der Waals surface area contributed by atoms with Crippen molar-refractivity contribution in [2.24, 2.45) is 11.7 Å². The number of hydrogen-bond acceptors (Lipinski definition) is 5. The van der Waals surface area contributed by atoms with Gasteiger partial charge in [-0.05, 0) is 31.5 Å². The molecule has 2 unspecified atom stereocenters. The Kier molecular flexibility index (Phi) is 5.21. The summed E-state index contributed by atoms with van der Waals surface area (Å²) in [5.41, 5.74) is 6.28. The lowest BCUT2D eigenvalue weighted by atomic mass is 10.0. The highest BCUT2D eigenvalue weighted by atomic mass is 32.2. The van der Waals surface area contributed by atoms with E-state index in [-0.39, 0.29) is 23.5 Å². The third kappa shape index (κ3) is 3.74. The summed E-state index contributed by atoms with van der Waals surface area (Å²) in [5.74, 6) is 0.807. The number of hydrogen-bond donors (Lipinski definition) is 2. The van der Waals surface area contributed by atoms with E-state index in [1.165, 1.54) is 13.2 Å². The number of sulfonamides is 1. The SMILES string of the molecule is COc1ccc(S(=O)(=O)NCC2CCOC2C)cc1CN. The first-order chi connectivity index (χ1) is 9.97. The van der Waals surface area contributed by atoms with E-state index in [1.54, 1.807) is 12.1 Å². The third-order valence-electron chi connectivity index (χ3n) is 3.85. The van der Waals surface area contributed by atoms with Crippen LogP contribution in [0.5, 0.6) is 5.75 Å². The summed E-state index contributed by atoms with van der Waals surface area (Å²) in [6.07, 6.45) is 0.962. The van der Waals surface area contributed by atoms with Gasteiger partial charge in [-0.2, -0.15) is 0 Å². The smallest absolute Gasteiger partial charge is 0.240 e. The molecule has 0 aromatic heterocycles. The summed E-state index contributed by atoms with van der Waals surface area (Å²) in [7, 11) is -2.02. The van der Waals surface area contributed by atoms with E-state index in [4.69, 9.17) is 15.2 Å². The van der Waals surface area contributed by atoms with Gasteiger partial charge in [0, 0.05) is 31.2 Å². The van der Waals surface area contributed by atoms with Crippen LogP contribution in [-0.2, 0) is 21.3 Å². The first kappa shape index (κ1) is 16.2. The molecule has 1 saturated heterocycles. The van der Waals surface area contributed by atoms with Crippen molar-refractivity contribution in [1.82, 2.24) is 4.72 Å². The Morgan fingerprint density at radius 2 is 2.24 bits per heavy atom. The average Bonchev–Trinajstić information content (AvgIpc) is 2.89. The number of methoxy groups -OCH3 is 1. The van der Waals surface area contributed by atoms with Crippen LogP contribution in [-0.4, -0.2) is 34.8 Å². The topological polar surface area (TPSA) is 90.7 Å². The molecular weight excluding hydrogens is 292 g/mol. The molecule has 2 rings (SSSR count). The molecule has 3 N–H and O–H groups in total. The number of nitrogens with two attached hydrogens (primary N) is 1. The standard InChI is InChI=1S/C14H22N2O4S/c1-10-11(5-6-20-10)9-16-21(17,18)13-3-4-14(19-2)12(7-13)8-15/h3-4,7,10-11,16H,5-6,8-9,15H2,1-2H3. The molecule has 0 radical (unpaired) electrons. The minimum atomic E-state index is -3.55. The second kappa shape index (κ2) is 6.74. The minimum Gasteiger partial charge on any atom is -0.496 e. The van der Waals surface area contributed by atoms with E-state index in [2.05, 4.69) is 4.72 Å². The fourth-order valence-corrected chi connectivity index (χ4v) is 3.57. The molecule has 118 valence electrons. The Bertz CT molecular complexity index is 589. The Morgan fingerprint density at radius 1 is 1.48 bits per heavy atom. The monoisotopic (exact) mass is 314 g/mol. The van der Waals surface area contributed by atoms with Gasteiger partial charge >= 0.3 is 0 Å². The van der Waals surface area contributed by atoms with Crippen molar-refractivity contribution in [1.29, 1.82) is 0 Å². The molecule has 6 nitrogen and oxygen atoms in total. The zero-order valence-electron chi connectivity index (χ0n) is 12.3. The maximum absolute atomic E-state index is 12.3. The van der Waals surface area contributed by atoms with Crippen LogP contribution in [0, 0.1) is 5.92 Å². The quantitative estimate of drug-likeness (QED) is 0.812. The van der Waals surface area contributed by atoms with Gasteiger partial charge in [0.15, 0.2) is 0 Å². The van der Waals surface area contributed by atoms with Crippen LogP contribution in [0.15, 0.2) is 23.1 Å². The highest BCUT2D eigenvalue weighted by molar-refractivity contribution is 7.89. The molecule has 1 fully saturated rings. The Labute approximate surface area is 125 Å². The highest BCUT2D eigenvalue weighted by Gasteiger charge is 2.26. The first-order valence-corrected chi connectivity index (χ1v) is 8.44. The van der Waals surface area contributed by atoms with E-state index in [0.29, 0.717) is 24.5 Å². The molecule has 1 aliphatic rings. The summed E-state index contributed by atoms with van der Waals surface area (Å²) in [6, 6.07) is 4.70. The Morgan fingerprint density at radius 3 is 2.81 bits per heavy atom. The lowest BCUT2D eigenvalue weighted by Crippen LogP contribution is -2.32. The molecule has 21 heavy (non-hydrogen) atoms. The van der Waals surface area contributed by atoms with Gasteiger partial charge in [0.1, 0.15) is 5.75 Å². The van der Waals surface area contributed by atoms with Gasteiger partial charge in [0.2, 0.25) is 10.0 Å². The third-order valence-corrected chi connectivity index (χ3v) is 5.27. The zero-order chi connectivity index (χ0) is 15.5. The van der Waals surface area contributed by atoms with Crippen molar-refractivity contribution in [3.8, 4) is 5.75 Å². The van der Waals surface area contributed by atoms with Crippen molar-refractivity contribution in [3.05, 3.63) is 23.8 Å². The number of ether oxygens (including phenoxy) is 2. The maximum Gasteiger partial charge on any atom is 0.240 e. The largest absolute Gasteiger partial charge is 0.496 e. The molecule has 0 aliphatic carbocycles. The predicted octanol–water partition coefficient (Wildman–Crippen LogP) is 0.857. The van der Waals surface area contributed by atoms with Gasteiger partial charge in [-0.3, -0.25) is 0 Å². The summed E-state index contributed by atoms with van der Waals surface area (Å²) >= 11 is 0. The number of benzene rings is 1. The predicted molar refractivity (Wildman–Crippen MR) is 79.6 cm³/mol. The summed E-state index contributed by atoms with van der Waals surface area (Å²) in [6.45, 7) is 3.26. The lowest BCUT2D eigenvalue weighted by Gasteiger charge is -2.15. The molecule has 7 heteroatoms. The van der Waals surface area contributed by atoms with E-state index < -0.39 is 10.0 Å². The first-order valence-electron chi connectivity index (χ1n) is 6.96. The van der Waals surface area contributed by atoms with E-state index in [0.717, 1.165) is 6.42 Å². The molecule has 1 aliphatic heterocycles. The summed E-state index contributed by atoms with van der Waals surface area (Å²) < 4.78 is 37.9. The molecular formula is C14H22N2O4S. The molecule has 2 atom stereocenters. The van der Waals surface area contributed by atoms with Gasteiger partial charge in [0.05, 0.1) is 18.1 Å². The second-order valence-corrected chi connectivity index (χ2v) is 6.92. The molecule has 0 bridgehead atoms. The molecule has 0 amide bonds. The fraction of sp³-hybridized carbons (Fsp3) is 0.571. The molecule has 1 aromatic rings. The van der Waals surface area contributed by atoms with Crippen molar-refractivity contribution < 1.29 is 17.9 Å². The average molecular weight is 314 g/mol. The van der Waals surface area contributed by atoms with Gasteiger partial charge < -0.3 is 15.2 Å². The molecule has 0 spiro atoms. The summed E-state index contributed by atoms with van der Waals surface area (Å²) in [5, 5.41) is 0. The normalized spacial score (nSPS) is 22.4. The van der Waals surface area contributed by atoms with Crippen molar-refractivity contribution in [2.45, 2.75) is 30.9 Å². The number of nitrogens with one attached hydrogen (secondary N) is 1. The van der Waals surface area contributed by atoms with Crippen molar-refractivity contribution in [2.75, 3.05) is 20.3 Å². The Balaban J connectivity index is 2.11. The Hall–Kier alpha value is -1.15. The maximum atomic E-state index is 12.3. The molecule has 1 aromatic carbocycles. The highest BCUT2D eigenvalue weighted by Crippen LogP contribution is 2.23. The second-order valence-electron chi connectivity index (χ2n) is 5.15. The van der Waals surface area contributed by atoms with Gasteiger partial charge in [-0.1, -0.05) is 0 Å². The summed E-state index contributed by atoms with van der Waals surface area (Å²) in [4.78, 5) is 0.204. The zero-order valence-corrected chi connectivity index (χ0v) is 13.2. The van der Waals surface area contributed by atoms with Crippen molar-refractivity contribution in [3.63, 3.8) is 0 Å². The van der Waals surface area contributed by atoms with Crippen LogP contribution >= 0.6 is 0 Å². The number of rotatable bonds is 6. The van der Waals surface area contributed by atoms with Crippen molar-refractivity contribution >= 4 is 10.0 Å². The van der Waals surface area contributed by atoms with Crippen LogP contribution in [0.25, 0.3) is 0 Å².